The van der Waals surface area contributed by atoms with Gasteiger partial charge in [0, 0.05) is 0 Å². The summed E-state index contributed by atoms with van der Waals surface area (Å²) in [6, 6.07) is 2.06. The van der Waals surface area contributed by atoms with Gasteiger partial charge in [0.05, 0.1) is 11.1 Å². The van der Waals surface area contributed by atoms with Crippen molar-refractivity contribution in [3.05, 3.63) is 28.8 Å². The first kappa shape index (κ1) is 10.0. The molecule has 0 bridgehead atoms. The molecule has 1 aromatic carbocycles. The van der Waals surface area contributed by atoms with E-state index in [0.717, 1.165) is 12.1 Å². The Kier molecular flexibility index (Phi) is 2.42. The van der Waals surface area contributed by atoms with E-state index in [2.05, 4.69) is 0 Å². The van der Waals surface area contributed by atoms with Gasteiger partial charge in [0.15, 0.2) is 0 Å². The molecule has 0 saturated heterocycles. The number of phenolic OH excluding ortho intramolecular Hbond substituents is 1. The Morgan fingerprint density at radius 2 is 1.50 bits per heavy atom. The molecule has 0 saturated carbocycles. The molecule has 0 atom stereocenters. The zero-order valence-corrected chi connectivity index (χ0v) is 7.31. The minimum absolute atomic E-state index is 0.229. The fourth-order valence-corrected chi connectivity index (χ4v) is 1.05. The molecule has 0 aliphatic heterocycles. The number of aryl methyl sites for hydroxylation is 1. The van der Waals surface area contributed by atoms with Crippen LogP contribution in [0.2, 0.25) is 0 Å². The summed E-state index contributed by atoms with van der Waals surface area (Å²) in [6.45, 7) is 1.49. The van der Waals surface area contributed by atoms with Crippen LogP contribution in [0.1, 0.15) is 26.3 Å². The Morgan fingerprint density at radius 1 is 1.07 bits per heavy atom. The first-order valence-electron chi connectivity index (χ1n) is 3.73. The van der Waals surface area contributed by atoms with E-state index in [1.807, 2.05) is 0 Å². The van der Waals surface area contributed by atoms with E-state index >= 15 is 0 Å². The number of phenols is 1. The number of hydrogen-bond acceptors (Lipinski definition) is 3. The van der Waals surface area contributed by atoms with Gasteiger partial charge in [-0.25, -0.2) is 9.59 Å². The lowest BCUT2D eigenvalue weighted by atomic mass is 10.0. The van der Waals surface area contributed by atoms with Crippen LogP contribution < -0.4 is 0 Å². The van der Waals surface area contributed by atoms with E-state index in [0.29, 0.717) is 5.56 Å². The molecule has 0 heterocycles. The van der Waals surface area contributed by atoms with E-state index in [1.165, 1.54) is 6.92 Å². The van der Waals surface area contributed by atoms with Crippen LogP contribution in [0.4, 0.5) is 0 Å². The van der Waals surface area contributed by atoms with Gasteiger partial charge in [0.25, 0.3) is 0 Å². The molecule has 0 fully saturated rings. The van der Waals surface area contributed by atoms with E-state index in [9.17, 15) is 14.7 Å². The molecule has 1 rings (SSSR count). The van der Waals surface area contributed by atoms with Crippen molar-refractivity contribution in [1.82, 2.24) is 0 Å². The van der Waals surface area contributed by atoms with Gasteiger partial charge >= 0.3 is 11.9 Å². The van der Waals surface area contributed by atoms with Crippen LogP contribution in [-0.2, 0) is 0 Å². The molecule has 1 aromatic rings. The highest BCUT2D eigenvalue weighted by atomic mass is 16.4. The van der Waals surface area contributed by atoms with E-state index in [4.69, 9.17) is 10.2 Å². The largest absolute Gasteiger partial charge is 0.508 e. The zero-order chi connectivity index (χ0) is 10.9. The fraction of sp³-hybridized carbons (Fsp3) is 0.111. The first-order valence-corrected chi connectivity index (χ1v) is 3.73. The average molecular weight is 196 g/mol. The van der Waals surface area contributed by atoms with Crippen molar-refractivity contribution >= 4 is 11.9 Å². The van der Waals surface area contributed by atoms with Crippen LogP contribution in [0, 0.1) is 6.92 Å². The summed E-state index contributed by atoms with van der Waals surface area (Å²) in [5, 5.41) is 26.5. The summed E-state index contributed by atoms with van der Waals surface area (Å²) < 4.78 is 0. The maximum absolute atomic E-state index is 10.6. The van der Waals surface area contributed by atoms with Crippen molar-refractivity contribution in [2.24, 2.45) is 0 Å². The number of rotatable bonds is 2. The molecule has 0 aromatic heterocycles. The van der Waals surface area contributed by atoms with Crippen molar-refractivity contribution in [3.63, 3.8) is 0 Å². The van der Waals surface area contributed by atoms with E-state index in [1.54, 1.807) is 0 Å². The number of hydrogen-bond donors (Lipinski definition) is 3. The van der Waals surface area contributed by atoms with Gasteiger partial charge in [-0.05, 0) is 24.6 Å². The Balaban J connectivity index is 3.46. The highest BCUT2D eigenvalue weighted by Crippen LogP contribution is 2.21. The molecule has 0 amide bonds. The third-order valence-corrected chi connectivity index (χ3v) is 1.80. The summed E-state index contributed by atoms with van der Waals surface area (Å²) in [6.07, 6.45) is 0. The predicted molar refractivity (Wildman–Crippen MR) is 46.8 cm³/mol. The zero-order valence-electron chi connectivity index (χ0n) is 7.31. The molecule has 0 radical (unpaired) electrons. The Hall–Kier alpha value is -2.04. The number of benzene rings is 1. The molecule has 0 aliphatic rings. The van der Waals surface area contributed by atoms with Crippen molar-refractivity contribution in [2.75, 3.05) is 0 Å². The molecule has 5 nitrogen and oxygen atoms in total. The van der Waals surface area contributed by atoms with Gasteiger partial charge in [0.1, 0.15) is 5.75 Å². The molecule has 0 aliphatic carbocycles. The number of carboxylic acids is 2. The maximum atomic E-state index is 10.6. The number of aromatic hydroxyl groups is 1. The van der Waals surface area contributed by atoms with Crippen molar-refractivity contribution < 1.29 is 24.9 Å². The molecule has 0 spiro atoms. The minimum atomic E-state index is -1.38. The standard InChI is InChI=1S/C9H8O5/c1-4-2-5(8(11)12)6(9(13)14)3-7(4)10/h2-3,10H,1H3,(H,11,12)(H,13,14). The molecule has 0 unspecified atom stereocenters. The van der Waals surface area contributed by atoms with Crippen LogP contribution >= 0.6 is 0 Å². The van der Waals surface area contributed by atoms with Crippen LogP contribution in [0.25, 0.3) is 0 Å². The summed E-state index contributed by atoms with van der Waals surface area (Å²) in [7, 11) is 0. The summed E-state index contributed by atoms with van der Waals surface area (Å²) in [5.74, 6) is -2.93. The molecular weight excluding hydrogens is 188 g/mol. The lowest BCUT2D eigenvalue weighted by molar-refractivity contribution is 0.0651. The normalized spacial score (nSPS) is 9.79. The lowest BCUT2D eigenvalue weighted by Gasteiger charge is -2.04. The van der Waals surface area contributed by atoms with E-state index < -0.39 is 17.5 Å². The third kappa shape index (κ3) is 1.66. The highest BCUT2D eigenvalue weighted by Gasteiger charge is 2.17. The van der Waals surface area contributed by atoms with Crippen LogP contribution in [0.5, 0.6) is 5.75 Å². The van der Waals surface area contributed by atoms with Crippen LogP contribution in [0.15, 0.2) is 12.1 Å². The van der Waals surface area contributed by atoms with Crippen molar-refractivity contribution in [2.45, 2.75) is 6.92 Å². The quantitative estimate of drug-likeness (QED) is 0.658. The van der Waals surface area contributed by atoms with Crippen LogP contribution in [-0.4, -0.2) is 27.3 Å². The molecule has 5 heteroatoms. The maximum Gasteiger partial charge on any atom is 0.336 e. The van der Waals surface area contributed by atoms with Gasteiger partial charge in [-0.1, -0.05) is 0 Å². The lowest BCUT2D eigenvalue weighted by Crippen LogP contribution is -2.08. The molecule has 3 N–H and O–H groups in total. The Morgan fingerprint density at radius 3 is 1.93 bits per heavy atom. The first-order chi connectivity index (χ1) is 6.43. The van der Waals surface area contributed by atoms with Crippen molar-refractivity contribution in [1.29, 1.82) is 0 Å². The topological polar surface area (TPSA) is 94.8 Å². The van der Waals surface area contributed by atoms with Gasteiger partial charge in [-0.3, -0.25) is 0 Å². The second kappa shape index (κ2) is 3.37. The summed E-state index contributed by atoms with van der Waals surface area (Å²) in [5.41, 5.74) is -0.416. The number of carbonyl (C=O) groups is 2. The minimum Gasteiger partial charge on any atom is -0.508 e. The number of aromatic carboxylic acids is 2. The predicted octanol–water partition coefficient (Wildman–Crippen LogP) is 1.10. The highest BCUT2D eigenvalue weighted by molar-refractivity contribution is 6.02. The number of carboxylic acid groups (broad SMARTS) is 2. The third-order valence-electron chi connectivity index (χ3n) is 1.80. The molecule has 74 valence electrons. The summed E-state index contributed by atoms with van der Waals surface area (Å²) in [4.78, 5) is 21.3. The monoisotopic (exact) mass is 196 g/mol. The van der Waals surface area contributed by atoms with Gasteiger partial charge in [-0.2, -0.15) is 0 Å². The van der Waals surface area contributed by atoms with Crippen LogP contribution in [0.3, 0.4) is 0 Å². The Labute approximate surface area is 79.2 Å². The van der Waals surface area contributed by atoms with Gasteiger partial charge < -0.3 is 15.3 Å². The van der Waals surface area contributed by atoms with Crippen molar-refractivity contribution in [3.8, 4) is 5.75 Å². The smallest absolute Gasteiger partial charge is 0.336 e. The van der Waals surface area contributed by atoms with E-state index in [-0.39, 0.29) is 11.3 Å². The molecular formula is C9H8O5. The SMILES string of the molecule is Cc1cc(C(=O)O)c(C(=O)O)cc1O. The molecule has 14 heavy (non-hydrogen) atoms. The van der Waals surface area contributed by atoms with Gasteiger partial charge in [0.2, 0.25) is 0 Å². The second-order valence-corrected chi connectivity index (χ2v) is 2.79. The Bertz CT molecular complexity index is 369. The fourth-order valence-electron chi connectivity index (χ4n) is 1.05. The van der Waals surface area contributed by atoms with Gasteiger partial charge in [-0.15, -0.1) is 0 Å². The summed E-state index contributed by atoms with van der Waals surface area (Å²) >= 11 is 0. The second-order valence-electron chi connectivity index (χ2n) is 2.79. The average Bonchev–Trinajstić information content (AvgIpc) is 2.08.